The van der Waals surface area contributed by atoms with E-state index in [2.05, 4.69) is 23.8 Å². The lowest BCUT2D eigenvalue weighted by atomic mass is 10.3. The second-order valence-corrected chi connectivity index (χ2v) is 3.57. The molecule has 4 heteroatoms. The fraction of sp³-hybridized carbons (Fsp3) is 0.400. The Morgan fingerprint density at radius 2 is 2.07 bits per heavy atom. The Bertz CT molecular complexity index is 293. The molecule has 76 valence electrons. The van der Waals surface area contributed by atoms with E-state index in [-0.39, 0.29) is 0 Å². The number of hydrogen-bond acceptors (Lipinski definition) is 2. The Balaban J connectivity index is 2.55. The van der Waals surface area contributed by atoms with Crippen LogP contribution in [0.2, 0.25) is 0 Å². The summed E-state index contributed by atoms with van der Waals surface area (Å²) >= 11 is 0. The third kappa shape index (κ3) is 3.53. The third-order valence-corrected chi connectivity index (χ3v) is 1.99. The van der Waals surface area contributed by atoms with Crippen LogP contribution < -0.4 is 9.47 Å². The van der Waals surface area contributed by atoms with Crippen molar-refractivity contribution in [2.75, 3.05) is 20.6 Å². The van der Waals surface area contributed by atoms with Gasteiger partial charge in [-0.1, -0.05) is 5.16 Å². The van der Waals surface area contributed by atoms with Crippen molar-refractivity contribution in [3.8, 4) is 0 Å². The van der Waals surface area contributed by atoms with Crippen molar-refractivity contribution in [2.24, 2.45) is 5.16 Å². The number of quaternary nitrogens is 1. The number of aromatic nitrogens is 1. The Kier molecular flexibility index (Phi) is 4.07. The van der Waals surface area contributed by atoms with E-state index in [9.17, 15) is 0 Å². The van der Waals surface area contributed by atoms with Gasteiger partial charge in [0.1, 0.15) is 6.54 Å². The summed E-state index contributed by atoms with van der Waals surface area (Å²) in [5.74, 6) is 0. The van der Waals surface area contributed by atoms with Crippen molar-refractivity contribution in [1.82, 2.24) is 0 Å². The number of pyridine rings is 1. The van der Waals surface area contributed by atoms with E-state index in [1.807, 2.05) is 24.5 Å². The van der Waals surface area contributed by atoms with Gasteiger partial charge in [0.05, 0.1) is 20.3 Å². The quantitative estimate of drug-likeness (QED) is 0.273. The zero-order valence-corrected chi connectivity index (χ0v) is 8.64. The van der Waals surface area contributed by atoms with Gasteiger partial charge in [0.2, 0.25) is 0 Å². The molecular weight excluding hydrogens is 178 g/mol. The SMILES string of the molecule is C[NH+](C)CC[n+]1ccc(/C=N\O)cc1. The molecule has 1 aromatic heterocycles. The van der Waals surface area contributed by atoms with Crippen molar-refractivity contribution >= 4 is 6.21 Å². The summed E-state index contributed by atoms with van der Waals surface area (Å²) < 4.78 is 2.11. The van der Waals surface area contributed by atoms with Crippen LogP contribution in [0.3, 0.4) is 0 Å². The van der Waals surface area contributed by atoms with E-state index >= 15 is 0 Å². The molecule has 0 aromatic carbocycles. The fourth-order valence-electron chi connectivity index (χ4n) is 1.12. The molecule has 0 atom stereocenters. The van der Waals surface area contributed by atoms with Crippen LogP contribution in [0.4, 0.5) is 0 Å². The fourth-order valence-corrected chi connectivity index (χ4v) is 1.12. The number of nitrogens with one attached hydrogen (secondary N) is 1. The molecule has 0 spiro atoms. The van der Waals surface area contributed by atoms with Gasteiger partial charge in [-0.2, -0.15) is 4.57 Å². The van der Waals surface area contributed by atoms with E-state index < -0.39 is 0 Å². The second kappa shape index (κ2) is 5.34. The summed E-state index contributed by atoms with van der Waals surface area (Å²) in [6.45, 7) is 2.09. The number of likely N-dealkylation sites (N-methyl/N-ethyl adjacent to an activating group) is 1. The maximum atomic E-state index is 8.32. The average Bonchev–Trinajstić information content (AvgIpc) is 2.17. The standard InChI is InChI=1S/C10H15N3O/c1-12(2)7-8-13-5-3-10(4-6-13)9-11-14/h3-6,9H,7-8H2,1-2H3/p+2. The lowest BCUT2D eigenvalue weighted by Crippen LogP contribution is -3.06. The van der Waals surface area contributed by atoms with Crippen LogP contribution in [-0.2, 0) is 6.54 Å². The Morgan fingerprint density at radius 1 is 1.43 bits per heavy atom. The molecule has 0 unspecified atom stereocenters. The van der Waals surface area contributed by atoms with Crippen LogP contribution in [-0.4, -0.2) is 32.1 Å². The minimum Gasteiger partial charge on any atom is -0.411 e. The second-order valence-electron chi connectivity index (χ2n) is 3.57. The minimum absolute atomic E-state index is 0.904. The molecule has 1 heterocycles. The first kappa shape index (κ1) is 10.7. The maximum Gasteiger partial charge on any atom is 0.196 e. The highest BCUT2D eigenvalue weighted by Crippen LogP contribution is 1.89. The summed E-state index contributed by atoms with van der Waals surface area (Å²) in [4.78, 5) is 1.43. The van der Waals surface area contributed by atoms with Crippen LogP contribution in [0.5, 0.6) is 0 Å². The molecule has 1 aromatic rings. The zero-order chi connectivity index (χ0) is 10.4. The normalized spacial score (nSPS) is 11.4. The van der Waals surface area contributed by atoms with Gasteiger partial charge in [-0.05, 0) is 0 Å². The maximum absolute atomic E-state index is 8.32. The van der Waals surface area contributed by atoms with Crippen molar-refractivity contribution in [1.29, 1.82) is 0 Å². The van der Waals surface area contributed by atoms with Crippen molar-refractivity contribution in [3.05, 3.63) is 30.1 Å². The molecule has 4 nitrogen and oxygen atoms in total. The van der Waals surface area contributed by atoms with Gasteiger partial charge in [0.15, 0.2) is 18.9 Å². The summed E-state index contributed by atoms with van der Waals surface area (Å²) in [7, 11) is 4.26. The molecule has 0 saturated heterocycles. The predicted octanol–water partition coefficient (Wildman–Crippen LogP) is -1.07. The van der Waals surface area contributed by atoms with Gasteiger partial charge in [0.25, 0.3) is 0 Å². The molecule has 1 rings (SSSR count). The molecule has 0 bridgehead atoms. The first-order valence-electron chi connectivity index (χ1n) is 4.68. The summed E-state index contributed by atoms with van der Waals surface area (Å²) in [5.41, 5.74) is 0.904. The summed E-state index contributed by atoms with van der Waals surface area (Å²) in [6, 6.07) is 3.84. The first-order chi connectivity index (χ1) is 6.72. The summed E-state index contributed by atoms with van der Waals surface area (Å²) in [5, 5.41) is 11.3. The summed E-state index contributed by atoms with van der Waals surface area (Å²) in [6.07, 6.45) is 5.39. The molecule has 0 aliphatic carbocycles. The van der Waals surface area contributed by atoms with E-state index in [1.165, 1.54) is 11.1 Å². The van der Waals surface area contributed by atoms with Gasteiger partial charge >= 0.3 is 0 Å². The van der Waals surface area contributed by atoms with Crippen LogP contribution >= 0.6 is 0 Å². The van der Waals surface area contributed by atoms with Crippen molar-refractivity contribution < 1.29 is 14.7 Å². The molecular formula is C10H17N3O+2. The highest BCUT2D eigenvalue weighted by atomic mass is 16.4. The highest BCUT2D eigenvalue weighted by molar-refractivity contribution is 5.78. The average molecular weight is 195 g/mol. The van der Waals surface area contributed by atoms with Gasteiger partial charge < -0.3 is 10.1 Å². The Labute approximate surface area is 84.1 Å². The lowest BCUT2D eigenvalue weighted by Gasteiger charge is -2.03. The number of rotatable bonds is 4. The molecule has 0 aliphatic heterocycles. The smallest absolute Gasteiger partial charge is 0.196 e. The minimum atomic E-state index is 0.904. The Hall–Kier alpha value is -1.42. The van der Waals surface area contributed by atoms with Crippen molar-refractivity contribution in [2.45, 2.75) is 6.54 Å². The Morgan fingerprint density at radius 3 is 2.57 bits per heavy atom. The third-order valence-electron chi connectivity index (χ3n) is 1.99. The number of oxime groups is 1. The van der Waals surface area contributed by atoms with Gasteiger partial charge in [-0.25, -0.2) is 0 Å². The van der Waals surface area contributed by atoms with E-state index in [0.29, 0.717) is 0 Å². The van der Waals surface area contributed by atoms with Crippen LogP contribution in [0.25, 0.3) is 0 Å². The van der Waals surface area contributed by atoms with Gasteiger partial charge in [0, 0.05) is 17.7 Å². The molecule has 2 N–H and O–H groups in total. The topological polar surface area (TPSA) is 40.9 Å². The van der Waals surface area contributed by atoms with E-state index in [4.69, 9.17) is 5.21 Å². The number of hydrogen-bond donors (Lipinski definition) is 2. The van der Waals surface area contributed by atoms with E-state index in [1.54, 1.807) is 0 Å². The van der Waals surface area contributed by atoms with Gasteiger partial charge in [-0.3, -0.25) is 0 Å². The largest absolute Gasteiger partial charge is 0.411 e. The molecule has 0 saturated carbocycles. The molecule has 0 fully saturated rings. The lowest BCUT2D eigenvalue weighted by molar-refractivity contribution is -0.883. The molecule has 14 heavy (non-hydrogen) atoms. The molecule has 0 amide bonds. The highest BCUT2D eigenvalue weighted by Gasteiger charge is 2.02. The van der Waals surface area contributed by atoms with E-state index in [0.717, 1.165) is 18.7 Å². The number of nitrogens with zero attached hydrogens (tertiary/aromatic N) is 2. The van der Waals surface area contributed by atoms with Crippen molar-refractivity contribution in [3.63, 3.8) is 0 Å². The molecule has 0 radical (unpaired) electrons. The molecule has 0 aliphatic rings. The van der Waals surface area contributed by atoms with Crippen LogP contribution in [0.15, 0.2) is 29.7 Å². The zero-order valence-electron chi connectivity index (χ0n) is 8.64. The first-order valence-corrected chi connectivity index (χ1v) is 4.68. The van der Waals surface area contributed by atoms with Gasteiger partial charge in [-0.15, -0.1) is 0 Å². The predicted molar refractivity (Wildman–Crippen MR) is 53.7 cm³/mol. The van der Waals surface area contributed by atoms with Crippen LogP contribution in [0.1, 0.15) is 5.56 Å². The van der Waals surface area contributed by atoms with Crippen LogP contribution in [0, 0.1) is 0 Å². The monoisotopic (exact) mass is 195 g/mol.